The van der Waals surface area contributed by atoms with Crippen LogP contribution in [0.25, 0.3) is 11.3 Å². The van der Waals surface area contributed by atoms with Crippen LogP contribution in [0.5, 0.6) is 0 Å². The van der Waals surface area contributed by atoms with Crippen LogP contribution in [0.2, 0.25) is 5.02 Å². The second kappa shape index (κ2) is 7.54. The molecule has 3 aromatic rings. The fourth-order valence-corrected chi connectivity index (χ4v) is 2.70. The predicted molar refractivity (Wildman–Crippen MR) is 103 cm³/mol. The SMILES string of the molecule is Cc1ccc(-c2ccc(=O)n(C(C)C(=O)Nc3cccc(Cl)c3)n2)cc1. The molecule has 1 atom stereocenters. The Kier molecular flexibility index (Phi) is 5.19. The van der Waals surface area contributed by atoms with Gasteiger partial charge in [0.1, 0.15) is 6.04 Å². The smallest absolute Gasteiger partial charge is 0.267 e. The molecule has 0 aliphatic heterocycles. The molecule has 6 heteroatoms. The Labute approximate surface area is 156 Å². The molecule has 0 fully saturated rings. The van der Waals surface area contributed by atoms with Gasteiger partial charge in [0.05, 0.1) is 5.69 Å². The average molecular weight is 368 g/mol. The Bertz CT molecular complexity index is 996. The molecule has 132 valence electrons. The van der Waals surface area contributed by atoms with Crippen molar-refractivity contribution in [1.82, 2.24) is 9.78 Å². The molecular formula is C20H18ClN3O2. The van der Waals surface area contributed by atoms with Crippen molar-refractivity contribution < 1.29 is 4.79 Å². The minimum absolute atomic E-state index is 0.338. The predicted octanol–water partition coefficient (Wildman–Crippen LogP) is 4.07. The highest BCUT2D eigenvalue weighted by atomic mass is 35.5. The van der Waals surface area contributed by atoms with E-state index in [1.54, 1.807) is 37.3 Å². The second-order valence-electron chi connectivity index (χ2n) is 6.04. The van der Waals surface area contributed by atoms with E-state index in [1.807, 2.05) is 31.2 Å². The lowest BCUT2D eigenvalue weighted by molar-refractivity contribution is -0.119. The average Bonchev–Trinajstić information content (AvgIpc) is 2.62. The number of halogens is 1. The zero-order valence-corrected chi connectivity index (χ0v) is 15.2. The van der Waals surface area contributed by atoms with E-state index in [9.17, 15) is 9.59 Å². The van der Waals surface area contributed by atoms with Crippen LogP contribution in [0.1, 0.15) is 18.5 Å². The van der Waals surface area contributed by atoms with Crippen LogP contribution < -0.4 is 10.9 Å². The summed E-state index contributed by atoms with van der Waals surface area (Å²) in [5.74, 6) is -0.345. The molecule has 1 unspecified atom stereocenters. The Morgan fingerprint density at radius 1 is 1.12 bits per heavy atom. The van der Waals surface area contributed by atoms with E-state index >= 15 is 0 Å². The number of benzene rings is 2. The largest absolute Gasteiger partial charge is 0.324 e. The molecule has 0 radical (unpaired) electrons. The molecule has 1 aromatic heterocycles. The normalized spacial score (nSPS) is 11.8. The van der Waals surface area contributed by atoms with Crippen molar-refractivity contribution in [2.24, 2.45) is 0 Å². The van der Waals surface area contributed by atoms with Crippen molar-refractivity contribution in [3.05, 3.63) is 81.6 Å². The Balaban J connectivity index is 1.87. The van der Waals surface area contributed by atoms with Crippen LogP contribution in [-0.4, -0.2) is 15.7 Å². The summed E-state index contributed by atoms with van der Waals surface area (Å²) in [5.41, 5.74) is 2.88. The zero-order valence-electron chi connectivity index (χ0n) is 14.4. The number of nitrogens with zero attached hydrogens (tertiary/aromatic N) is 2. The molecule has 0 saturated heterocycles. The fourth-order valence-electron chi connectivity index (χ4n) is 2.51. The number of nitrogens with one attached hydrogen (secondary N) is 1. The first-order valence-corrected chi connectivity index (χ1v) is 8.55. The summed E-state index contributed by atoms with van der Waals surface area (Å²) < 4.78 is 1.19. The van der Waals surface area contributed by atoms with E-state index in [2.05, 4.69) is 10.4 Å². The van der Waals surface area contributed by atoms with Gasteiger partial charge in [-0.15, -0.1) is 0 Å². The summed E-state index contributed by atoms with van der Waals surface area (Å²) in [5, 5.41) is 7.64. The van der Waals surface area contributed by atoms with Crippen LogP contribution in [0.15, 0.2) is 65.5 Å². The summed E-state index contributed by atoms with van der Waals surface area (Å²) in [6, 6.07) is 17.0. The van der Waals surface area contributed by atoms with Crippen molar-refractivity contribution in [1.29, 1.82) is 0 Å². The molecule has 0 aliphatic carbocycles. The fraction of sp³-hybridized carbons (Fsp3) is 0.150. The van der Waals surface area contributed by atoms with Crippen LogP contribution in [0, 0.1) is 6.92 Å². The summed E-state index contributed by atoms with van der Waals surface area (Å²) in [4.78, 5) is 24.7. The minimum Gasteiger partial charge on any atom is -0.324 e. The first kappa shape index (κ1) is 17.9. The standard InChI is InChI=1S/C20H18ClN3O2/c1-13-6-8-15(9-7-13)18-10-11-19(25)24(23-18)14(2)20(26)22-17-5-3-4-16(21)12-17/h3-12,14H,1-2H3,(H,22,26). The van der Waals surface area contributed by atoms with Gasteiger partial charge < -0.3 is 5.32 Å². The van der Waals surface area contributed by atoms with Crippen LogP contribution >= 0.6 is 11.6 Å². The number of rotatable bonds is 4. The molecule has 1 amide bonds. The first-order valence-electron chi connectivity index (χ1n) is 8.17. The van der Waals surface area contributed by atoms with Crippen molar-refractivity contribution in [3.63, 3.8) is 0 Å². The van der Waals surface area contributed by atoms with Gasteiger partial charge in [0.15, 0.2) is 0 Å². The van der Waals surface area contributed by atoms with Gasteiger partial charge in [0.25, 0.3) is 5.56 Å². The maximum atomic E-state index is 12.5. The number of aryl methyl sites for hydroxylation is 1. The van der Waals surface area contributed by atoms with E-state index in [0.29, 0.717) is 16.4 Å². The summed E-state index contributed by atoms with van der Waals surface area (Å²) in [7, 11) is 0. The van der Waals surface area contributed by atoms with Crippen LogP contribution in [-0.2, 0) is 4.79 Å². The molecule has 1 N–H and O–H groups in total. The van der Waals surface area contributed by atoms with E-state index in [-0.39, 0.29) is 11.5 Å². The molecular weight excluding hydrogens is 350 g/mol. The first-order chi connectivity index (χ1) is 12.4. The van der Waals surface area contributed by atoms with Crippen LogP contribution in [0.4, 0.5) is 5.69 Å². The third-order valence-corrected chi connectivity index (χ3v) is 4.25. The van der Waals surface area contributed by atoms with Crippen molar-refractivity contribution >= 4 is 23.2 Å². The van der Waals surface area contributed by atoms with Gasteiger partial charge in [-0.05, 0) is 38.1 Å². The minimum atomic E-state index is -0.771. The zero-order chi connectivity index (χ0) is 18.7. The van der Waals surface area contributed by atoms with Gasteiger partial charge in [-0.2, -0.15) is 5.10 Å². The van der Waals surface area contributed by atoms with E-state index in [4.69, 9.17) is 11.6 Å². The molecule has 0 saturated carbocycles. The molecule has 0 spiro atoms. The Morgan fingerprint density at radius 3 is 2.54 bits per heavy atom. The lowest BCUT2D eigenvalue weighted by Crippen LogP contribution is -2.33. The van der Waals surface area contributed by atoms with Gasteiger partial charge in [0, 0.05) is 22.3 Å². The molecule has 1 heterocycles. The van der Waals surface area contributed by atoms with E-state index in [1.165, 1.54) is 10.7 Å². The molecule has 0 bridgehead atoms. The number of aromatic nitrogens is 2. The molecule has 2 aromatic carbocycles. The number of carbonyl (C=O) groups excluding carboxylic acids is 1. The lowest BCUT2D eigenvalue weighted by Gasteiger charge is -2.15. The summed E-state index contributed by atoms with van der Waals surface area (Å²) in [6.45, 7) is 3.63. The molecule has 26 heavy (non-hydrogen) atoms. The van der Waals surface area contributed by atoms with Crippen molar-refractivity contribution in [3.8, 4) is 11.3 Å². The third kappa shape index (κ3) is 4.00. The monoisotopic (exact) mass is 367 g/mol. The van der Waals surface area contributed by atoms with Gasteiger partial charge in [-0.25, -0.2) is 4.68 Å². The van der Waals surface area contributed by atoms with Gasteiger partial charge in [-0.1, -0.05) is 47.5 Å². The highest BCUT2D eigenvalue weighted by molar-refractivity contribution is 6.30. The Morgan fingerprint density at radius 2 is 1.85 bits per heavy atom. The van der Waals surface area contributed by atoms with Gasteiger partial charge in [0.2, 0.25) is 5.91 Å². The highest BCUT2D eigenvalue weighted by Crippen LogP contribution is 2.18. The second-order valence-corrected chi connectivity index (χ2v) is 6.48. The topological polar surface area (TPSA) is 64.0 Å². The highest BCUT2D eigenvalue weighted by Gasteiger charge is 2.18. The summed E-state index contributed by atoms with van der Waals surface area (Å²) in [6.07, 6.45) is 0. The Hall–Kier alpha value is -2.92. The van der Waals surface area contributed by atoms with E-state index in [0.717, 1.165) is 11.1 Å². The number of amides is 1. The van der Waals surface area contributed by atoms with Gasteiger partial charge >= 0.3 is 0 Å². The lowest BCUT2D eigenvalue weighted by atomic mass is 10.1. The molecule has 3 rings (SSSR count). The van der Waals surface area contributed by atoms with Gasteiger partial charge in [-0.3, -0.25) is 9.59 Å². The number of hydrogen-bond acceptors (Lipinski definition) is 3. The van der Waals surface area contributed by atoms with Crippen LogP contribution in [0.3, 0.4) is 0 Å². The maximum Gasteiger partial charge on any atom is 0.267 e. The number of hydrogen-bond donors (Lipinski definition) is 1. The van der Waals surface area contributed by atoms with E-state index < -0.39 is 6.04 Å². The van der Waals surface area contributed by atoms with Crippen molar-refractivity contribution in [2.45, 2.75) is 19.9 Å². The molecule has 0 aliphatic rings. The summed E-state index contributed by atoms with van der Waals surface area (Å²) >= 11 is 5.93. The number of anilines is 1. The maximum absolute atomic E-state index is 12.5. The third-order valence-electron chi connectivity index (χ3n) is 4.01. The van der Waals surface area contributed by atoms with Crippen molar-refractivity contribution in [2.75, 3.05) is 5.32 Å². The molecule has 5 nitrogen and oxygen atoms in total. The quantitative estimate of drug-likeness (QED) is 0.755. The number of carbonyl (C=O) groups is 1.